The fourth-order valence-electron chi connectivity index (χ4n) is 1.57. The lowest BCUT2D eigenvalue weighted by atomic mass is 10.1. The molecule has 0 fully saturated rings. The highest BCUT2D eigenvalue weighted by molar-refractivity contribution is 7.80. The predicted octanol–water partition coefficient (Wildman–Crippen LogP) is 1.07. The van der Waals surface area contributed by atoms with Gasteiger partial charge in [-0.1, -0.05) is 0 Å². The summed E-state index contributed by atoms with van der Waals surface area (Å²) in [6, 6.07) is 1.30. The summed E-state index contributed by atoms with van der Waals surface area (Å²) in [6.07, 6.45) is 0. The number of carboxylic acids is 1. The molecular weight excluding hydrogens is 272 g/mol. The zero-order valence-electron chi connectivity index (χ0n) is 10.6. The lowest BCUT2D eigenvalue weighted by Crippen LogP contribution is -2.21. The van der Waals surface area contributed by atoms with Gasteiger partial charge < -0.3 is 30.4 Å². The van der Waals surface area contributed by atoms with E-state index in [1.165, 1.54) is 27.4 Å². The monoisotopic (exact) mass is 286 g/mol. The highest BCUT2D eigenvalue weighted by atomic mass is 32.1. The van der Waals surface area contributed by atoms with Crippen molar-refractivity contribution in [3.05, 3.63) is 11.6 Å². The van der Waals surface area contributed by atoms with E-state index in [9.17, 15) is 9.90 Å². The van der Waals surface area contributed by atoms with Gasteiger partial charge in [0.15, 0.2) is 16.6 Å². The minimum atomic E-state index is -1.18. The fraction of sp³-hybridized carbons (Fsp3) is 0.273. The number of ether oxygens (including phenoxy) is 3. The first-order valence-corrected chi connectivity index (χ1v) is 5.49. The minimum Gasteiger partial charge on any atom is -0.493 e. The molecule has 0 saturated carbocycles. The summed E-state index contributed by atoms with van der Waals surface area (Å²) in [5.41, 5.74) is 5.40. The average molecular weight is 286 g/mol. The Balaban J connectivity index is 3.63. The van der Waals surface area contributed by atoms with Gasteiger partial charge in [0.2, 0.25) is 5.75 Å². The first-order chi connectivity index (χ1) is 8.96. The van der Waals surface area contributed by atoms with Gasteiger partial charge in [-0.15, -0.1) is 0 Å². The van der Waals surface area contributed by atoms with Crippen molar-refractivity contribution >= 4 is 29.0 Å². The van der Waals surface area contributed by atoms with Crippen LogP contribution in [0.15, 0.2) is 6.07 Å². The van der Waals surface area contributed by atoms with Crippen LogP contribution in [0.5, 0.6) is 17.2 Å². The van der Waals surface area contributed by atoms with Gasteiger partial charge in [0.05, 0.1) is 26.9 Å². The second-order valence-corrected chi connectivity index (χ2v) is 3.80. The number of benzene rings is 1. The van der Waals surface area contributed by atoms with E-state index in [1.54, 1.807) is 0 Å². The number of anilines is 1. The molecule has 0 saturated heterocycles. The highest BCUT2D eigenvalue weighted by Gasteiger charge is 2.24. The molecule has 0 unspecified atom stereocenters. The standard InChI is InChI=1S/C11H14N2O5S/c1-16-6-4-5(10(14)15)7(13-11(12)19)9(18-3)8(6)17-2/h4H,1-3H3,(H,14,15)(H3,12,13,19). The van der Waals surface area contributed by atoms with Gasteiger partial charge in [-0.05, 0) is 12.2 Å². The van der Waals surface area contributed by atoms with Crippen LogP contribution in [0.4, 0.5) is 5.69 Å². The molecule has 0 bridgehead atoms. The molecule has 4 N–H and O–H groups in total. The minimum absolute atomic E-state index is 0.0898. The number of methoxy groups -OCH3 is 3. The fourth-order valence-corrected chi connectivity index (χ4v) is 1.67. The number of hydrogen-bond donors (Lipinski definition) is 3. The summed E-state index contributed by atoms with van der Waals surface area (Å²) in [4.78, 5) is 11.3. The molecule has 0 radical (unpaired) electrons. The van der Waals surface area contributed by atoms with Crippen molar-refractivity contribution in [2.75, 3.05) is 26.6 Å². The molecule has 19 heavy (non-hydrogen) atoms. The molecule has 0 atom stereocenters. The van der Waals surface area contributed by atoms with E-state index in [0.717, 1.165) is 0 Å². The Bertz CT molecular complexity index is 518. The molecule has 0 aliphatic rings. The van der Waals surface area contributed by atoms with E-state index >= 15 is 0 Å². The smallest absolute Gasteiger partial charge is 0.338 e. The Morgan fingerprint density at radius 2 is 1.84 bits per heavy atom. The van der Waals surface area contributed by atoms with E-state index < -0.39 is 5.97 Å². The predicted molar refractivity (Wildman–Crippen MR) is 73.5 cm³/mol. The summed E-state index contributed by atoms with van der Waals surface area (Å²) >= 11 is 4.72. The number of nitrogens with two attached hydrogens (primary N) is 1. The molecule has 0 aromatic heterocycles. The van der Waals surface area contributed by atoms with Crippen LogP contribution < -0.4 is 25.3 Å². The van der Waals surface area contributed by atoms with Gasteiger partial charge >= 0.3 is 5.97 Å². The quantitative estimate of drug-likeness (QED) is 0.691. The maximum atomic E-state index is 11.3. The summed E-state index contributed by atoms with van der Waals surface area (Å²) in [5, 5.41) is 11.7. The maximum absolute atomic E-state index is 11.3. The average Bonchev–Trinajstić information content (AvgIpc) is 2.36. The van der Waals surface area contributed by atoms with Crippen molar-refractivity contribution < 1.29 is 24.1 Å². The number of aromatic carboxylic acids is 1. The third-order valence-electron chi connectivity index (χ3n) is 2.31. The van der Waals surface area contributed by atoms with Crippen LogP contribution in [-0.4, -0.2) is 37.5 Å². The molecule has 7 nitrogen and oxygen atoms in total. The molecule has 0 aliphatic heterocycles. The van der Waals surface area contributed by atoms with E-state index in [0.29, 0.717) is 0 Å². The molecule has 104 valence electrons. The van der Waals surface area contributed by atoms with Gasteiger partial charge in [0.25, 0.3) is 0 Å². The Hall–Kier alpha value is -2.22. The molecule has 1 aromatic rings. The van der Waals surface area contributed by atoms with Crippen molar-refractivity contribution in [3.63, 3.8) is 0 Å². The van der Waals surface area contributed by atoms with Crippen molar-refractivity contribution in [1.29, 1.82) is 0 Å². The first-order valence-electron chi connectivity index (χ1n) is 5.08. The number of thiocarbonyl (C=S) groups is 1. The lowest BCUT2D eigenvalue weighted by Gasteiger charge is -2.18. The number of hydrogen-bond acceptors (Lipinski definition) is 5. The van der Waals surface area contributed by atoms with Gasteiger partial charge in [-0.3, -0.25) is 0 Å². The van der Waals surface area contributed by atoms with Crippen molar-refractivity contribution in [3.8, 4) is 17.2 Å². The normalized spacial score (nSPS) is 9.63. The Kier molecular flexibility index (Phi) is 4.76. The third kappa shape index (κ3) is 2.97. The van der Waals surface area contributed by atoms with Crippen LogP contribution >= 0.6 is 12.2 Å². The largest absolute Gasteiger partial charge is 0.493 e. The second kappa shape index (κ2) is 6.10. The van der Waals surface area contributed by atoms with Crippen LogP contribution in [0.1, 0.15) is 10.4 Å². The van der Waals surface area contributed by atoms with Crippen LogP contribution in [-0.2, 0) is 0 Å². The zero-order valence-corrected chi connectivity index (χ0v) is 11.5. The summed E-state index contributed by atoms with van der Waals surface area (Å²) in [7, 11) is 4.17. The Morgan fingerprint density at radius 3 is 2.21 bits per heavy atom. The van der Waals surface area contributed by atoms with Crippen molar-refractivity contribution in [1.82, 2.24) is 0 Å². The lowest BCUT2D eigenvalue weighted by molar-refractivity contribution is 0.0697. The van der Waals surface area contributed by atoms with Crippen LogP contribution in [0.2, 0.25) is 0 Å². The molecule has 1 rings (SSSR count). The van der Waals surface area contributed by atoms with Gasteiger partial charge in [0.1, 0.15) is 5.69 Å². The number of carboxylic acid groups (broad SMARTS) is 1. The maximum Gasteiger partial charge on any atom is 0.338 e. The molecule has 0 spiro atoms. The van der Waals surface area contributed by atoms with Crippen LogP contribution in [0.25, 0.3) is 0 Å². The van der Waals surface area contributed by atoms with E-state index in [-0.39, 0.29) is 33.6 Å². The Morgan fingerprint density at radius 1 is 1.26 bits per heavy atom. The Labute approximate surface area is 115 Å². The van der Waals surface area contributed by atoms with Crippen molar-refractivity contribution in [2.24, 2.45) is 5.73 Å². The number of carbonyl (C=O) groups is 1. The number of rotatable bonds is 5. The zero-order chi connectivity index (χ0) is 14.6. The molecule has 0 heterocycles. The topological polar surface area (TPSA) is 103 Å². The summed E-state index contributed by atoms with van der Waals surface area (Å²) in [6.45, 7) is 0. The first kappa shape index (κ1) is 14.8. The molecule has 0 aliphatic carbocycles. The van der Waals surface area contributed by atoms with Gasteiger partial charge in [-0.2, -0.15) is 0 Å². The summed E-state index contributed by atoms with van der Waals surface area (Å²) < 4.78 is 15.4. The third-order valence-corrected chi connectivity index (χ3v) is 2.41. The molecule has 8 heteroatoms. The molecule has 1 aromatic carbocycles. The molecule has 0 amide bonds. The summed E-state index contributed by atoms with van der Waals surface area (Å²) in [5.74, 6) is -0.566. The van der Waals surface area contributed by atoms with E-state index in [1.807, 2.05) is 0 Å². The SMILES string of the molecule is COc1cc(C(=O)O)c(NC(N)=S)c(OC)c1OC. The second-order valence-electron chi connectivity index (χ2n) is 3.36. The van der Waals surface area contributed by atoms with E-state index in [4.69, 9.17) is 32.2 Å². The highest BCUT2D eigenvalue weighted by Crippen LogP contribution is 2.45. The van der Waals surface area contributed by atoms with E-state index in [2.05, 4.69) is 5.32 Å². The number of nitrogens with one attached hydrogen (secondary N) is 1. The van der Waals surface area contributed by atoms with Crippen molar-refractivity contribution in [2.45, 2.75) is 0 Å². The molecular formula is C11H14N2O5S. The van der Waals surface area contributed by atoms with Gasteiger partial charge in [-0.25, -0.2) is 4.79 Å². The van der Waals surface area contributed by atoms with Crippen LogP contribution in [0.3, 0.4) is 0 Å². The van der Waals surface area contributed by atoms with Crippen LogP contribution in [0, 0.1) is 0 Å². The van der Waals surface area contributed by atoms with Gasteiger partial charge in [0, 0.05) is 6.07 Å².